The molecule has 2 aliphatic heterocycles. The normalized spacial score (nSPS) is 16.2. The number of carbonyl (C=O) groups is 2. The molecule has 0 unspecified atom stereocenters. The summed E-state index contributed by atoms with van der Waals surface area (Å²) < 4.78 is 1.68. The van der Waals surface area contributed by atoms with Crippen LogP contribution in [0.1, 0.15) is 47.8 Å². The zero-order chi connectivity index (χ0) is 22.1. The number of amides is 2. The summed E-state index contributed by atoms with van der Waals surface area (Å²) in [4.78, 5) is 32.6. The first kappa shape index (κ1) is 20.5. The van der Waals surface area contributed by atoms with Crippen LogP contribution in [0, 0.1) is 0 Å². The lowest BCUT2D eigenvalue weighted by Gasteiger charge is -2.30. The van der Waals surface area contributed by atoms with Gasteiger partial charge in [-0.3, -0.25) is 14.3 Å². The number of hydrogen-bond acceptors (Lipinski definition) is 4. The fourth-order valence-corrected chi connectivity index (χ4v) is 4.48. The van der Waals surface area contributed by atoms with Gasteiger partial charge in [-0.25, -0.2) is 0 Å². The molecule has 4 heterocycles. The molecule has 0 radical (unpaired) electrons. The monoisotopic (exact) mass is 432 g/mol. The highest BCUT2D eigenvalue weighted by Crippen LogP contribution is 2.29. The molecule has 1 aromatic carbocycles. The zero-order valence-electron chi connectivity index (χ0n) is 18.4. The number of aromatic amines is 1. The number of nitrogens with one attached hydrogen (secondary N) is 1. The Morgan fingerprint density at radius 3 is 2.72 bits per heavy atom. The van der Waals surface area contributed by atoms with E-state index in [1.54, 1.807) is 17.1 Å². The first-order chi connectivity index (χ1) is 15.6. The number of nitrogens with zero attached hydrogens (tertiary/aromatic N) is 5. The quantitative estimate of drug-likeness (QED) is 0.649. The lowest BCUT2D eigenvalue weighted by molar-refractivity contribution is -0.131. The molecule has 2 aromatic heterocycles. The molecule has 1 fully saturated rings. The van der Waals surface area contributed by atoms with Crippen molar-refractivity contribution < 1.29 is 9.59 Å². The maximum absolute atomic E-state index is 12.8. The van der Waals surface area contributed by atoms with E-state index in [1.165, 1.54) is 5.56 Å². The third-order valence-electron chi connectivity index (χ3n) is 6.48. The van der Waals surface area contributed by atoms with Gasteiger partial charge < -0.3 is 14.8 Å². The summed E-state index contributed by atoms with van der Waals surface area (Å²) >= 11 is 0. The van der Waals surface area contributed by atoms with Gasteiger partial charge in [0, 0.05) is 49.7 Å². The number of carbonyl (C=O) groups excluding carboxylic acids is 2. The van der Waals surface area contributed by atoms with Gasteiger partial charge in [0.25, 0.3) is 5.91 Å². The van der Waals surface area contributed by atoms with Gasteiger partial charge in [-0.1, -0.05) is 24.3 Å². The van der Waals surface area contributed by atoms with Crippen molar-refractivity contribution in [3.8, 4) is 0 Å². The van der Waals surface area contributed by atoms with Crippen LogP contribution in [0.4, 0.5) is 0 Å². The first-order valence-electron chi connectivity index (χ1n) is 11.4. The van der Waals surface area contributed by atoms with Gasteiger partial charge in [0.15, 0.2) is 0 Å². The second kappa shape index (κ2) is 8.61. The molecule has 1 N–H and O–H groups in total. The number of rotatable bonds is 6. The third-order valence-corrected chi connectivity index (χ3v) is 6.48. The van der Waals surface area contributed by atoms with Crippen LogP contribution in [-0.4, -0.2) is 67.8 Å². The average molecular weight is 433 g/mol. The molecule has 2 aliphatic rings. The molecule has 166 valence electrons. The number of benzene rings is 1. The van der Waals surface area contributed by atoms with Crippen molar-refractivity contribution in [2.24, 2.45) is 0 Å². The SMILES string of the molecule is CCc1cc(C2=CCCN(C(=O)CCn3ccnn3)C2)cc2[nH]c(C(=O)N3CCC3)cc12. The Morgan fingerprint density at radius 2 is 2.00 bits per heavy atom. The Kier molecular flexibility index (Phi) is 5.51. The molecular formula is C24H28N6O2. The highest BCUT2D eigenvalue weighted by molar-refractivity contribution is 6.00. The molecule has 0 spiro atoms. The van der Waals surface area contributed by atoms with E-state index in [1.807, 2.05) is 15.9 Å². The Morgan fingerprint density at radius 1 is 1.12 bits per heavy atom. The summed E-state index contributed by atoms with van der Waals surface area (Å²) in [7, 11) is 0. The van der Waals surface area contributed by atoms with Crippen molar-refractivity contribution >= 4 is 28.3 Å². The predicted molar refractivity (Wildman–Crippen MR) is 122 cm³/mol. The van der Waals surface area contributed by atoms with Crippen LogP contribution in [0.15, 0.2) is 36.7 Å². The highest BCUT2D eigenvalue weighted by Gasteiger charge is 2.24. The van der Waals surface area contributed by atoms with Crippen LogP contribution in [0.5, 0.6) is 0 Å². The second-order valence-electron chi connectivity index (χ2n) is 8.53. The summed E-state index contributed by atoms with van der Waals surface area (Å²) in [6.45, 7) is 5.69. The summed E-state index contributed by atoms with van der Waals surface area (Å²) in [6.07, 6.45) is 8.84. The topological polar surface area (TPSA) is 87.1 Å². The van der Waals surface area contributed by atoms with Gasteiger partial charge in [0.05, 0.1) is 12.7 Å². The lowest BCUT2D eigenvalue weighted by atomic mass is 9.96. The van der Waals surface area contributed by atoms with Crippen molar-refractivity contribution in [1.82, 2.24) is 29.8 Å². The molecule has 8 nitrogen and oxygen atoms in total. The van der Waals surface area contributed by atoms with Crippen molar-refractivity contribution in [3.05, 3.63) is 53.5 Å². The molecule has 2 amide bonds. The van der Waals surface area contributed by atoms with E-state index in [2.05, 4.69) is 40.4 Å². The van der Waals surface area contributed by atoms with Crippen molar-refractivity contribution in [2.75, 3.05) is 26.2 Å². The predicted octanol–water partition coefficient (Wildman–Crippen LogP) is 2.87. The summed E-state index contributed by atoms with van der Waals surface area (Å²) in [5.41, 5.74) is 5.14. The smallest absolute Gasteiger partial charge is 0.270 e. The van der Waals surface area contributed by atoms with Crippen molar-refractivity contribution in [3.63, 3.8) is 0 Å². The van der Waals surface area contributed by atoms with Crippen LogP contribution in [-0.2, 0) is 17.8 Å². The molecule has 3 aromatic rings. The summed E-state index contributed by atoms with van der Waals surface area (Å²) in [5.74, 6) is 0.210. The Labute approximate surface area is 186 Å². The minimum atomic E-state index is 0.0806. The van der Waals surface area contributed by atoms with E-state index in [9.17, 15) is 9.59 Å². The van der Waals surface area contributed by atoms with Crippen LogP contribution in [0.2, 0.25) is 0 Å². The van der Waals surface area contributed by atoms with E-state index in [-0.39, 0.29) is 11.8 Å². The molecule has 8 heteroatoms. The fraction of sp³-hybridized carbons (Fsp3) is 0.417. The van der Waals surface area contributed by atoms with Crippen LogP contribution in [0.3, 0.4) is 0 Å². The maximum atomic E-state index is 12.8. The lowest BCUT2D eigenvalue weighted by Crippen LogP contribution is -2.42. The van der Waals surface area contributed by atoms with Gasteiger partial charge in [0.1, 0.15) is 5.69 Å². The first-order valence-corrected chi connectivity index (χ1v) is 11.4. The third kappa shape index (κ3) is 3.92. The maximum Gasteiger partial charge on any atom is 0.270 e. The molecule has 0 aliphatic carbocycles. The molecule has 0 atom stereocenters. The van der Waals surface area contributed by atoms with Crippen LogP contribution < -0.4 is 0 Å². The number of aryl methyl sites for hydroxylation is 2. The van der Waals surface area contributed by atoms with Gasteiger partial charge >= 0.3 is 0 Å². The molecule has 32 heavy (non-hydrogen) atoms. The zero-order valence-corrected chi connectivity index (χ0v) is 18.4. The second-order valence-corrected chi connectivity index (χ2v) is 8.53. The number of fused-ring (bicyclic) bond motifs is 1. The number of H-pyrrole nitrogens is 1. The van der Waals surface area contributed by atoms with Crippen LogP contribution >= 0.6 is 0 Å². The van der Waals surface area contributed by atoms with E-state index in [0.717, 1.165) is 60.9 Å². The van der Waals surface area contributed by atoms with Crippen molar-refractivity contribution in [1.29, 1.82) is 0 Å². The average Bonchev–Trinajstić information content (AvgIpc) is 3.45. The van der Waals surface area contributed by atoms with E-state index in [0.29, 0.717) is 25.2 Å². The molecular weight excluding hydrogens is 404 g/mol. The van der Waals surface area contributed by atoms with E-state index >= 15 is 0 Å². The Hall–Kier alpha value is -3.42. The number of aromatic nitrogens is 4. The molecule has 1 saturated heterocycles. The number of hydrogen-bond donors (Lipinski definition) is 1. The van der Waals surface area contributed by atoms with E-state index < -0.39 is 0 Å². The minimum Gasteiger partial charge on any atom is -0.350 e. The van der Waals surface area contributed by atoms with Gasteiger partial charge in [-0.2, -0.15) is 0 Å². The highest BCUT2D eigenvalue weighted by atomic mass is 16.2. The van der Waals surface area contributed by atoms with Gasteiger partial charge in [-0.05, 0) is 48.1 Å². The fourth-order valence-electron chi connectivity index (χ4n) is 4.48. The molecule has 0 saturated carbocycles. The van der Waals surface area contributed by atoms with Gasteiger partial charge in [0.2, 0.25) is 5.91 Å². The van der Waals surface area contributed by atoms with Gasteiger partial charge in [-0.15, -0.1) is 5.10 Å². The Bertz CT molecular complexity index is 1170. The molecule has 0 bridgehead atoms. The Balaban J connectivity index is 1.35. The standard InChI is InChI=1S/C24H28N6O2/c1-2-17-13-19(14-21-20(17)15-22(26-21)24(32)28-9-4-10-28)18-5-3-8-29(16-18)23(31)6-11-30-12-7-25-27-30/h5,7,12-15,26H,2-4,6,8-11,16H2,1H3. The minimum absolute atomic E-state index is 0.0806. The summed E-state index contributed by atoms with van der Waals surface area (Å²) in [6, 6.07) is 6.33. The summed E-state index contributed by atoms with van der Waals surface area (Å²) in [5, 5.41) is 8.83. The molecule has 5 rings (SSSR count). The van der Waals surface area contributed by atoms with Crippen molar-refractivity contribution in [2.45, 2.75) is 39.2 Å². The van der Waals surface area contributed by atoms with Crippen LogP contribution in [0.25, 0.3) is 16.5 Å². The largest absolute Gasteiger partial charge is 0.350 e. The number of likely N-dealkylation sites (tertiary alicyclic amines) is 1. The van der Waals surface area contributed by atoms with E-state index in [4.69, 9.17) is 0 Å².